The number of rotatable bonds is 9. The van der Waals surface area contributed by atoms with Crippen LogP contribution < -0.4 is 20.1 Å². The predicted octanol–water partition coefficient (Wildman–Crippen LogP) is 3.13. The lowest BCUT2D eigenvalue weighted by Gasteiger charge is -2.17. The van der Waals surface area contributed by atoms with Crippen LogP contribution >= 0.6 is 0 Å². The fourth-order valence-electron chi connectivity index (χ4n) is 2.94. The molecule has 0 aliphatic carbocycles. The molecule has 0 saturated carbocycles. The van der Waals surface area contributed by atoms with E-state index in [0.29, 0.717) is 30.5 Å². The van der Waals surface area contributed by atoms with Gasteiger partial charge in [-0.1, -0.05) is 30.3 Å². The molecule has 0 aliphatic heterocycles. The van der Waals surface area contributed by atoms with Gasteiger partial charge in [0.2, 0.25) is 0 Å². The van der Waals surface area contributed by atoms with Crippen molar-refractivity contribution in [1.29, 1.82) is 0 Å². The molecule has 10 heteroatoms. The standard InChI is InChI=1S/C21H24F2N6O2/c1-3-30-17-11-7-8-15(19(17)31-20(22)23)12-25-21(24-2)26-13-18-28-27-14-29(18)16-9-5-4-6-10-16/h4-11,14,20H,3,12-13H2,1-2H3,(H2,24,25,26). The Morgan fingerprint density at radius 2 is 1.87 bits per heavy atom. The molecular formula is C21H24F2N6O2. The van der Waals surface area contributed by atoms with Crippen LogP contribution in [0.15, 0.2) is 59.9 Å². The van der Waals surface area contributed by atoms with E-state index in [2.05, 4.69) is 25.8 Å². The van der Waals surface area contributed by atoms with Crippen LogP contribution in [0.2, 0.25) is 0 Å². The van der Waals surface area contributed by atoms with Gasteiger partial charge in [-0.2, -0.15) is 8.78 Å². The number of guanidine groups is 1. The van der Waals surface area contributed by atoms with E-state index < -0.39 is 6.61 Å². The first-order valence-electron chi connectivity index (χ1n) is 9.70. The molecule has 0 unspecified atom stereocenters. The third-order valence-electron chi connectivity index (χ3n) is 4.30. The van der Waals surface area contributed by atoms with Crippen molar-refractivity contribution < 1.29 is 18.3 Å². The van der Waals surface area contributed by atoms with Crippen molar-refractivity contribution >= 4 is 5.96 Å². The third-order valence-corrected chi connectivity index (χ3v) is 4.30. The Morgan fingerprint density at radius 1 is 1.10 bits per heavy atom. The van der Waals surface area contributed by atoms with E-state index in [1.165, 1.54) is 0 Å². The van der Waals surface area contributed by atoms with E-state index in [9.17, 15) is 8.78 Å². The number of ether oxygens (including phenoxy) is 2. The van der Waals surface area contributed by atoms with E-state index >= 15 is 0 Å². The molecule has 0 spiro atoms. The summed E-state index contributed by atoms with van der Waals surface area (Å²) in [5.41, 5.74) is 1.45. The zero-order valence-corrected chi connectivity index (χ0v) is 17.3. The molecule has 0 bridgehead atoms. The summed E-state index contributed by atoms with van der Waals surface area (Å²) in [4.78, 5) is 4.17. The number of hydrogen-bond donors (Lipinski definition) is 2. The zero-order chi connectivity index (χ0) is 22.1. The van der Waals surface area contributed by atoms with Gasteiger partial charge >= 0.3 is 6.61 Å². The van der Waals surface area contributed by atoms with Gasteiger partial charge in [-0.05, 0) is 25.1 Å². The van der Waals surface area contributed by atoms with Crippen molar-refractivity contribution in [1.82, 2.24) is 25.4 Å². The average molecular weight is 430 g/mol. The Morgan fingerprint density at radius 3 is 2.58 bits per heavy atom. The first kappa shape index (κ1) is 22.0. The Bertz CT molecular complexity index is 995. The van der Waals surface area contributed by atoms with Crippen LogP contribution in [0.4, 0.5) is 8.78 Å². The molecule has 2 aromatic carbocycles. The van der Waals surface area contributed by atoms with E-state index in [-0.39, 0.29) is 18.0 Å². The van der Waals surface area contributed by atoms with Crippen LogP contribution in [0.3, 0.4) is 0 Å². The first-order valence-corrected chi connectivity index (χ1v) is 9.70. The minimum atomic E-state index is -2.96. The fourth-order valence-corrected chi connectivity index (χ4v) is 2.94. The topological polar surface area (TPSA) is 85.6 Å². The van der Waals surface area contributed by atoms with Gasteiger partial charge in [-0.15, -0.1) is 10.2 Å². The van der Waals surface area contributed by atoms with Gasteiger partial charge in [0.05, 0.1) is 13.2 Å². The summed E-state index contributed by atoms with van der Waals surface area (Å²) >= 11 is 0. The molecule has 0 radical (unpaired) electrons. The second-order valence-electron chi connectivity index (χ2n) is 6.29. The summed E-state index contributed by atoms with van der Waals surface area (Å²) in [5.74, 6) is 1.42. The second kappa shape index (κ2) is 10.9. The number of benzene rings is 2. The molecule has 0 saturated heterocycles. The normalized spacial score (nSPS) is 11.5. The van der Waals surface area contributed by atoms with E-state index in [0.717, 1.165) is 5.69 Å². The Balaban J connectivity index is 1.66. The molecule has 8 nitrogen and oxygen atoms in total. The highest BCUT2D eigenvalue weighted by atomic mass is 19.3. The van der Waals surface area contributed by atoms with E-state index in [1.807, 2.05) is 34.9 Å². The number of alkyl halides is 2. The smallest absolute Gasteiger partial charge is 0.387 e. The van der Waals surface area contributed by atoms with Crippen LogP contribution in [0.5, 0.6) is 11.5 Å². The number of halogens is 2. The van der Waals surface area contributed by atoms with Crippen molar-refractivity contribution in [2.24, 2.45) is 4.99 Å². The summed E-state index contributed by atoms with van der Waals surface area (Å²) in [6.45, 7) is -0.289. The van der Waals surface area contributed by atoms with Crippen molar-refractivity contribution in [3.05, 3.63) is 66.2 Å². The quantitative estimate of drug-likeness (QED) is 0.401. The van der Waals surface area contributed by atoms with Gasteiger partial charge < -0.3 is 20.1 Å². The Hall–Kier alpha value is -3.69. The molecule has 1 aromatic heterocycles. The summed E-state index contributed by atoms with van der Waals surface area (Å²) in [6, 6.07) is 14.7. The number of para-hydroxylation sites is 2. The number of aromatic nitrogens is 3. The number of nitrogens with one attached hydrogen (secondary N) is 2. The maximum Gasteiger partial charge on any atom is 0.387 e. The van der Waals surface area contributed by atoms with Crippen molar-refractivity contribution in [3.8, 4) is 17.2 Å². The molecular weight excluding hydrogens is 406 g/mol. The van der Waals surface area contributed by atoms with Crippen LogP contribution in [0.1, 0.15) is 18.3 Å². The van der Waals surface area contributed by atoms with E-state index in [4.69, 9.17) is 9.47 Å². The van der Waals surface area contributed by atoms with Gasteiger partial charge in [0, 0.05) is 24.8 Å². The maximum absolute atomic E-state index is 12.9. The number of hydrogen-bond acceptors (Lipinski definition) is 5. The van der Waals surface area contributed by atoms with Crippen LogP contribution in [0, 0.1) is 0 Å². The maximum atomic E-state index is 12.9. The molecule has 164 valence electrons. The average Bonchev–Trinajstić information content (AvgIpc) is 3.25. The lowest BCUT2D eigenvalue weighted by atomic mass is 10.2. The summed E-state index contributed by atoms with van der Waals surface area (Å²) in [6.07, 6.45) is 1.63. The zero-order valence-electron chi connectivity index (χ0n) is 17.3. The fraction of sp³-hybridized carbons (Fsp3) is 0.286. The lowest BCUT2D eigenvalue weighted by Crippen LogP contribution is -2.37. The van der Waals surface area contributed by atoms with Crippen molar-refractivity contribution in [2.45, 2.75) is 26.6 Å². The largest absolute Gasteiger partial charge is 0.490 e. The van der Waals surface area contributed by atoms with Gasteiger partial charge in [-0.3, -0.25) is 9.56 Å². The lowest BCUT2D eigenvalue weighted by molar-refractivity contribution is -0.0520. The highest BCUT2D eigenvalue weighted by molar-refractivity contribution is 5.79. The molecule has 0 fully saturated rings. The number of aliphatic imine (C=N–C) groups is 1. The molecule has 3 rings (SSSR count). The molecule has 1 heterocycles. The van der Waals surface area contributed by atoms with Crippen molar-refractivity contribution in [2.75, 3.05) is 13.7 Å². The second-order valence-corrected chi connectivity index (χ2v) is 6.29. The van der Waals surface area contributed by atoms with Gasteiger partial charge in [0.25, 0.3) is 0 Å². The van der Waals surface area contributed by atoms with Gasteiger partial charge in [-0.25, -0.2) is 0 Å². The van der Waals surface area contributed by atoms with Gasteiger partial charge in [0.15, 0.2) is 23.3 Å². The van der Waals surface area contributed by atoms with Crippen LogP contribution in [0.25, 0.3) is 5.69 Å². The summed E-state index contributed by atoms with van der Waals surface area (Å²) < 4.78 is 37.8. The minimum Gasteiger partial charge on any atom is -0.490 e. The highest BCUT2D eigenvalue weighted by Gasteiger charge is 2.16. The Labute approximate surface area is 178 Å². The summed E-state index contributed by atoms with van der Waals surface area (Å²) in [5, 5.41) is 14.4. The van der Waals surface area contributed by atoms with Crippen LogP contribution in [-0.2, 0) is 13.1 Å². The minimum absolute atomic E-state index is 0.00567. The molecule has 3 aromatic rings. The van der Waals surface area contributed by atoms with Crippen LogP contribution in [-0.4, -0.2) is 41.0 Å². The van der Waals surface area contributed by atoms with Gasteiger partial charge in [0.1, 0.15) is 6.33 Å². The Kier molecular flexibility index (Phi) is 7.74. The third kappa shape index (κ3) is 5.91. The number of nitrogens with zero attached hydrogens (tertiary/aromatic N) is 4. The summed E-state index contributed by atoms with van der Waals surface area (Å²) in [7, 11) is 1.62. The van der Waals surface area contributed by atoms with E-state index in [1.54, 1.807) is 38.5 Å². The predicted molar refractivity (Wildman–Crippen MR) is 113 cm³/mol. The first-order chi connectivity index (χ1) is 15.1. The molecule has 2 N–H and O–H groups in total. The molecule has 0 aliphatic rings. The SMILES string of the molecule is CCOc1cccc(CNC(=NC)NCc2nncn2-c2ccccc2)c1OC(F)F. The molecule has 31 heavy (non-hydrogen) atoms. The molecule has 0 atom stereocenters. The molecule has 0 amide bonds. The monoisotopic (exact) mass is 430 g/mol. The van der Waals surface area contributed by atoms with Crippen molar-refractivity contribution in [3.63, 3.8) is 0 Å². The highest BCUT2D eigenvalue weighted by Crippen LogP contribution is 2.32.